The fraction of sp³-hybridized carbons (Fsp3) is 0.269. The molecule has 2 aromatic carbocycles. The highest BCUT2D eigenvalue weighted by Crippen LogP contribution is 2.34. The fourth-order valence-electron chi connectivity index (χ4n) is 4.17. The molecule has 166 valence electrons. The Morgan fingerprint density at radius 1 is 1.06 bits per heavy atom. The van der Waals surface area contributed by atoms with Crippen molar-refractivity contribution in [3.8, 4) is 11.1 Å². The van der Waals surface area contributed by atoms with Crippen LogP contribution in [0.2, 0.25) is 0 Å². The number of thiophene rings is 1. The van der Waals surface area contributed by atoms with Crippen LogP contribution in [0.5, 0.6) is 0 Å². The van der Waals surface area contributed by atoms with Crippen LogP contribution in [0.1, 0.15) is 40.9 Å². The van der Waals surface area contributed by atoms with E-state index in [1.807, 2.05) is 46.7 Å². The molecule has 2 aliphatic rings. The van der Waals surface area contributed by atoms with Gasteiger partial charge < -0.3 is 10.2 Å². The molecule has 2 aromatic heterocycles. The number of aromatic nitrogens is 2. The van der Waals surface area contributed by atoms with Crippen molar-refractivity contribution in [1.29, 1.82) is 0 Å². The Balaban J connectivity index is 1.33. The van der Waals surface area contributed by atoms with E-state index >= 15 is 0 Å². The third-order valence-electron chi connectivity index (χ3n) is 6.20. The number of fused-ring (bicyclic) bond motifs is 1. The Hall–Kier alpha value is -3.32. The van der Waals surface area contributed by atoms with E-state index in [9.17, 15) is 9.18 Å². The molecule has 1 N–H and O–H groups in total. The van der Waals surface area contributed by atoms with Crippen molar-refractivity contribution in [2.45, 2.75) is 44.3 Å². The number of hydrogen-bond donors (Lipinski definition) is 1. The number of anilines is 1. The Kier molecular flexibility index (Phi) is 5.06. The number of nitrogens with one attached hydrogen (secondary N) is 1. The zero-order valence-electron chi connectivity index (χ0n) is 18.0. The molecule has 0 saturated heterocycles. The van der Waals surface area contributed by atoms with Crippen LogP contribution in [0.25, 0.3) is 22.0 Å². The Morgan fingerprint density at radius 3 is 2.70 bits per heavy atom. The molecule has 2 aliphatic carbocycles. The van der Waals surface area contributed by atoms with Crippen LogP contribution >= 0.6 is 11.3 Å². The van der Waals surface area contributed by atoms with Crippen molar-refractivity contribution < 1.29 is 9.18 Å². The molecule has 2 saturated carbocycles. The molecule has 0 unspecified atom stereocenters. The van der Waals surface area contributed by atoms with Gasteiger partial charge in [0.25, 0.3) is 5.91 Å². The van der Waals surface area contributed by atoms with Gasteiger partial charge in [-0.1, -0.05) is 24.3 Å². The largest absolute Gasteiger partial charge is 0.367 e. The Morgan fingerprint density at radius 2 is 1.94 bits per heavy atom. The molecular weight excluding hydrogens is 435 g/mol. The predicted octanol–water partition coefficient (Wildman–Crippen LogP) is 5.88. The highest BCUT2D eigenvalue weighted by atomic mass is 32.1. The third-order valence-corrected chi connectivity index (χ3v) is 7.06. The lowest BCUT2D eigenvalue weighted by Crippen LogP contribution is -2.32. The van der Waals surface area contributed by atoms with Gasteiger partial charge in [-0.3, -0.25) is 4.79 Å². The molecule has 33 heavy (non-hydrogen) atoms. The number of carbonyl (C=O) groups excluding carboxylic acids is 1. The normalized spacial score (nSPS) is 15.5. The van der Waals surface area contributed by atoms with Gasteiger partial charge >= 0.3 is 0 Å². The lowest BCUT2D eigenvalue weighted by Gasteiger charge is -2.22. The predicted molar refractivity (Wildman–Crippen MR) is 129 cm³/mol. The SMILES string of the molecule is O=C(c1cccs1)N(Cc1cccc(-c2cc(F)c3ncnc(NC4CC4)c3c2)c1)C1CC1. The molecule has 4 aromatic rings. The van der Waals surface area contributed by atoms with E-state index in [1.54, 1.807) is 0 Å². The second kappa shape index (κ2) is 8.23. The fourth-order valence-corrected chi connectivity index (χ4v) is 4.85. The lowest BCUT2D eigenvalue weighted by molar-refractivity contribution is 0.0735. The number of rotatable bonds is 7. The molecule has 1 amide bonds. The summed E-state index contributed by atoms with van der Waals surface area (Å²) in [4.78, 5) is 24.3. The van der Waals surface area contributed by atoms with E-state index in [-0.39, 0.29) is 11.7 Å². The number of halogens is 1. The first-order valence-electron chi connectivity index (χ1n) is 11.3. The number of carbonyl (C=O) groups is 1. The molecule has 0 radical (unpaired) electrons. The van der Waals surface area contributed by atoms with E-state index in [4.69, 9.17) is 0 Å². The van der Waals surface area contributed by atoms with Crippen molar-refractivity contribution in [1.82, 2.24) is 14.9 Å². The van der Waals surface area contributed by atoms with Gasteiger partial charge in [0.05, 0.1) is 4.88 Å². The minimum absolute atomic E-state index is 0.0857. The zero-order valence-corrected chi connectivity index (χ0v) is 18.8. The molecule has 5 nitrogen and oxygen atoms in total. The molecule has 0 bridgehead atoms. The summed E-state index contributed by atoms with van der Waals surface area (Å²) in [6.07, 6.45) is 5.72. The summed E-state index contributed by atoms with van der Waals surface area (Å²) in [6.45, 7) is 0.545. The summed E-state index contributed by atoms with van der Waals surface area (Å²) in [5, 5.41) is 6.01. The lowest BCUT2D eigenvalue weighted by atomic mass is 10.0. The van der Waals surface area contributed by atoms with Crippen LogP contribution in [-0.2, 0) is 6.54 Å². The highest BCUT2D eigenvalue weighted by molar-refractivity contribution is 7.12. The second-order valence-corrected chi connectivity index (χ2v) is 9.78. The van der Waals surface area contributed by atoms with Crippen LogP contribution in [0, 0.1) is 5.82 Å². The second-order valence-electron chi connectivity index (χ2n) is 8.84. The summed E-state index contributed by atoms with van der Waals surface area (Å²) >= 11 is 1.48. The number of amides is 1. The first kappa shape index (κ1) is 20.3. The zero-order chi connectivity index (χ0) is 22.4. The quantitative estimate of drug-likeness (QED) is 0.376. The van der Waals surface area contributed by atoms with E-state index in [0.717, 1.165) is 47.3 Å². The number of nitrogens with zero attached hydrogens (tertiary/aromatic N) is 3. The third kappa shape index (κ3) is 4.20. The average Bonchev–Trinajstić information content (AvgIpc) is 3.77. The topological polar surface area (TPSA) is 58.1 Å². The van der Waals surface area contributed by atoms with Crippen LogP contribution in [0.3, 0.4) is 0 Å². The average molecular weight is 459 g/mol. The molecule has 2 heterocycles. The van der Waals surface area contributed by atoms with Crippen LogP contribution in [0.15, 0.2) is 60.2 Å². The maximum Gasteiger partial charge on any atom is 0.264 e. The molecule has 0 aliphatic heterocycles. The molecule has 2 fully saturated rings. The van der Waals surface area contributed by atoms with Crippen molar-refractivity contribution in [3.05, 3.63) is 76.5 Å². The van der Waals surface area contributed by atoms with Crippen molar-refractivity contribution in [2.24, 2.45) is 0 Å². The van der Waals surface area contributed by atoms with Crippen LogP contribution in [0.4, 0.5) is 10.2 Å². The monoisotopic (exact) mass is 458 g/mol. The minimum atomic E-state index is -0.360. The Bertz CT molecular complexity index is 1330. The molecule has 0 atom stereocenters. The Labute approximate surface area is 195 Å². The van der Waals surface area contributed by atoms with Gasteiger partial charge in [0.2, 0.25) is 0 Å². The molecule has 7 heteroatoms. The first-order chi connectivity index (χ1) is 16.2. The first-order valence-corrected chi connectivity index (χ1v) is 12.2. The maximum absolute atomic E-state index is 15.0. The van der Waals surface area contributed by atoms with Gasteiger partial charge in [0, 0.05) is 24.0 Å². The van der Waals surface area contributed by atoms with Gasteiger partial charge in [0.1, 0.15) is 23.5 Å². The van der Waals surface area contributed by atoms with E-state index in [0.29, 0.717) is 35.3 Å². The molecular formula is C26H23FN4OS. The van der Waals surface area contributed by atoms with Crippen molar-refractivity contribution in [3.63, 3.8) is 0 Å². The van der Waals surface area contributed by atoms with Crippen LogP contribution < -0.4 is 5.32 Å². The summed E-state index contributed by atoms with van der Waals surface area (Å²) in [6, 6.07) is 16.0. The minimum Gasteiger partial charge on any atom is -0.367 e. The van der Waals surface area contributed by atoms with Crippen LogP contribution in [-0.4, -0.2) is 32.9 Å². The number of benzene rings is 2. The maximum atomic E-state index is 15.0. The van der Waals surface area contributed by atoms with E-state index < -0.39 is 0 Å². The smallest absolute Gasteiger partial charge is 0.264 e. The standard InChI is InChI=1S/C26H23FN4OS/c27-22-13-18(12-21-24(22)28-15-29-25(21)30-19-6-7-19)17-4-1-3-16(11-17)14-31(20-8-9-20)26(32)23-5-2-10-33-23/h1-5,10-13,15,19-20H,6-9,14H2,(H,28,29,30). The highest BCUT2D eigenvalue weighted by Gasteiger charge is 2.33. The summed E-state index contributed by atoms with van der Waals surface area (Å²) in [5.41, 5.74) is 3.05. The van der Waals surface area contributed by atoms with Gasteiger partial charge in [-0.15, -0.1) is 11.3 Å². The van der Waals surface area contributed by atoms with Gasteiger partial charge in [-0.05, 0) is 72.0 Å². The van der Waals surface area contributed by atoms with E-state index in [2.05, 4.69) is 21.4 Å². The molecule has 0 spiro atoms. The van der Waals surface area contributed by atoms with Gasteiger partial charge in [0.15, 0.2) is 0 Å². The summed E-state index contributed by atoms with van der Waals surface area (Å²) in [5.74, 6) is 0.407. The number of hydrogen-bond acceptors (Lipinski definition) is 5. The summed E-state index contributed by atoms with van der Waals surface area (Å²) < 4.78 is 15.0. The van der Waals surface area contributed by atoms with Gasteiger partial charge in [-0.2, -0.15) is 0 Å². The molecule has 6 rings (SSSR count). The van der Waals surface area contributed by atoms with Gasteiger partial charge in [-0.25, -0.2) is 14.4 Å². The van der Waals surface area contributed by atoms with E-state index in [1.165, 1.54) is 23.7 Å². The summed E-state index contributed by atoms with van der Waals surface area (Å²) in [7, 11) is 0. The van der Waals surface area contributed by atoms with Crippen molar-refractivity contribution >= 4 is 34.0 Å². The van der Waals surface area contributed by atoms with Crippen molar-refractivity contribution in [2.75, 3.05) is 5.32 Å².